The van der Waals surface area contributed by atoms with Crippen molar-refractivity contribution in [1.82, 2.24) is 5.32 Å². The number of carbonyl (C=O) groups excluding carboxylic acids is 1. The highest BCUT2D eigenvalue weighted by molar-refractivity contribution is 5.93. The molecule has 2 aromatic rings. The minimum atomic E-state index is -0.0496. The van der Waals surface area contributed by atoms with Crippen LogP contribution in [0.5, 0.6) is 5.75 Å². The van der Waals surface area contributed by atoms with Crippen LogP contribution in [0.3, 0.4) is 0 Å². The quantitative estimate of drug-likeness (QED) is 0.199. The Morgan fingerprint density at radius 3 is 2.20 bits per heavy atom. The van der Waals surface area contributed by atoms with Crippen LogP contribution in [0.15, 0.2) is 42.7 Å². The number of aryl methyl sites for hydroxylation is 1. The molecule has 0 saturated carbocycles. The molecule has 0 bridgehead atoms. The van der Waals surface area contributed by atoms with Gasteiger partial charge in [-0.1, -0.05) is 91.5 Å². The summed E-state index contributed by atoms with van der Waals surface area (Å²) in [7, 11) is 0. The van der Waals surface area contributed by atoms with Gasteiger partial charge < -0.3 is 10.1 Å². The predicted octanol–water partition coefficient (Wildman–Crippen LogP) is 7.52. The van der Waals surface area contributed by atoms with E-state index < -0.39 is 0 Å². The van der Waals surface area contributed by atoms with Crippen LogP contribution < -0.4 is 14.6 Å². The highest BCUT2D eigenvalue weighted by atomic mass is 16.5. The summed E-state index contributed by atoms with van der Waals surface area (Å²) in [4.78, 5) is 12.6. The lowest BCUT2D eigenvalue weighted by Crippen LogP contribution is -2.34. The van der Waals surface area contributed by atoms with Gasteiger partial charge in [-0.25, -0.2) is 4.57 Å². The summed E-state index contributed by atoms with van der Waals surface area (Å²) in [6, 6.07) is 10.1. The number of aromatic nitrogens is 1. The van der Waals surface area contributed by atoms with Crippen molar-refractivity contribution in [1.29, 1.82) is 0 Å². The Kier molecular flexibility index (Phi) is 12.9. The number of nitrogens with zero attached hydrogens (tertiary/aromatic N) is 1. The van der Waals surface area contributed by atoms with Gasteiger partial charge in [-0.15, -0.1) is 0 Å². The summed E-state index contributed by atoms with van der Waals surface area (Å²) < 4.78 is 8.23. The van der Waals surface area contributed by atoms with Crippen molar-refractivity contribution in [2.24, 2.45) is 0 Å². The second-order valence-corrected chi connectivity index (χ2v) is 10.7. The summed E-state index contributed by atoms with van der Waals surface area (Å²) in [6.45, 7) is 13.1. The molecule has 1 heterocycles. The molecule has 1 amide bonds. The number of pyridine rings is 1. The third-order valence-electron chi connectivity index (χ3n) is 6.55. The molecule has 4 heteroatoms. The van der Waals surface area contributed by atoms with Gasteiger partial charge in [0.25, 0.3) is 5.91 Å². The minimum Gasteiger partial charge on any atom is -0.493 e. The lowest BCUT2D eigenvalue weighted by molar-refractivity contribution is -0.693. The van der Waals surface area contributed by atoms with E-state index in [0.717, 1.165) is 30.9 Å². The molecule has 0 aliphatic heterocycles. The Morgan fingerprint density at radius 2 is 1.57 bits per heavy atom. The number of hydrogen-bond donors (Lipinski definition) is 1. The van der Waals surface area contributed by atoms with Crippen LogP contribution in [0.25, 0.3) is 0 Å². The first kappa shape index (κ1) is 28.9. The summed E-state index contributed by atoms with van der Waals surface area (Å²) in [6.07, 6.45) is 17.1. The average molecular weight is 482 g/mol. The van der Waals surface area contributed by atoms with Gasteiger partial charge in [-0.3, -0.25) is 4.79 Å². The second-order valence-electron chi connectivity index (χ2n) is 10.7. The molecule has 0 spiro atoms. The molecule has 35 heavy (non-hydrogen) atoms. The fourth-order valence-electron chi connectivity index (χ4n) is 4.31. The zero-order chi connectivity index (χ0) is 25.5. The van der Waals surface area contributed by atoms with E-state index in [0.29, 0.717) is 12.1 Å². The Bertz CT molecular complexity index is 886. The maximum atomic E-state index is 12.6. The zero-order valence-corrected chi connectivity index (χ0v) is 23.0. The molecule has 1 N–H and O–H groups in total. The van der Waals surface area contributed by atoms with E-state index in [1.165, 1.54) is 63.4 Å². The van der Waals surface area contributed by atoms with Crippen LogP contribution in [-0.4, -0.2) is 12.5 Å². The number of benzene rings is 1. The predicted molar refractivity (Wildman–Crippen MR) is 146 cm³/mol. The molecule has 0 aliphatic carbocycles. The summed E-state index contributed by atoms with van der Waals surface area (Å²) in [5.41, 5.74) is 2.94. The maximum Gasteiger partial charge on any atom is 0.257 e. The number of hydrogen-bond acceptors (Lipinski definition) is 2. The maximum absolute atomic E-state index is 12.6. The van der Waals surface area contributed by atoms with Crippen molar-refractivity contribution < 1.29 is 14.1 Å². The number of unbranched alkanes of at least 4 members (excludes halogenated alkanes) is 9. The average Bonchev–Trinajstić information content (AvgIpc) is 2.85. The molecule has 0 unspecified atom stereocenters. The Morgan fingerprint density at radius 1 is 0.914 bits per heavy atom. The highest BCUT2D eigenvalue weighted by Gasteiger charge is 2.20. The van der Waals surface area contributed by atoms with Crippen LogP contribution in [0, 0.1) is 0 Å². The normalized spacial score (nSPS) is 11.5. The van der Waals surface area contributed by atoms with Crippen LogP contribution in [0.1, 0.15) is 120 Å². The molecule has 0 radical (unpaired) electrons. The van der Waals surface area contributed by atoms with E-state index >= 15 is 0 Å². The molecule has 2 rings (SSSR count). The van der Waals surface area contributed by atoms with Crippen molar-refractivity contribution in [2.75, 3.05) is 6.61 Å². The molecule has 0 aliphatic rings. The van der Waals surface area contributed by atoms with Crippen molar-refractivity contribution in [3.63, 3.8) is 0 Å². The number of nitrogens with one attached hydrogen (secondary N) is 1. The standard InChI is InChI=1S/C31H48N2O2/c1-6-8-9-10-11-12-13-14-15-16-22-35-29-20-19-26(23-28(29)31(3,4)5)24-32-30(34)27-18-17-21-33(7-2)25-27/h17-21,23,25H,6-16,22,24H2,1-5H3/p+1. The Hall–Kier alpha value is -2.36. The third kappa shape index (κ3) is 10.8. The SMILES string of the molecule is CCCCCCCCCCCCOc1ccc(CNC(=O)c2ccc[n+](CC)c2)cc1C(C)(C)C. The topological polar surface area (TPSA) is 42.2 Å². The molecule has 0 saturated heterocycles. The van der Waals surface area contributed by atoms with E-state index in [2.05, 4.69) is 58.1 Å². The lowest BCUT2D eigenvalue weighted by atomic mass is 9.85. The lowest BCUT2D eigenvalue weighted by Gasteiger charge is -2.24. The van der Waals surface area contributed by atoms with E-state index in [4.69, 9.17) is 4.74 Å². The monoisotopic (exact) mass is 481 g/mol. The van der Waals surface area contributed by atoms with Crippen LogP contribution >= 0.6 is 0 Å². The highest BCUT2D eigenvalue weighted by Crippen LogP contribution is 2.32. The zero-order valence-electron chi connectivity index (χ0n) is 23.0. The molecular formula is C31H49N2O2+. The number of amides is 1. The van der Waals surface area contributed by atoms with Gasteiger partial charge in [0.1, 0.15) is 17.9 Å². The van der Waals surface area contributed by atoms with Gasteiger partial charge in [0.05, 0.1) is 6.61 Å². The first-order chi connectivity index (χ1) is 16.8. The summed E-state index contributed by atoms with van der Waals surface area (Å²) >= 11 is 0. The Balaban J connectivity index is 1.80. The molecule has 1 aromatic carbocycles. The van der Waals surface area contributed by atoms with E-state index in [1.807, 2.05) is 29.1 Å². The molecule has 1 aromatic heterocycles. The molecule has 0 fully saturated rings. The largest absolute Gasteiger partial charge is 0.493 e. The number of ether oxygens (including phenoxy) is 1. The minimum absolute atomic E-state index is 0.0285. The van der Waals surface area contributed by atoms with E-state index in [1.54, 1.807) is 0 Å². The van der Waals surface area contributed by atoms with Gasteiger partial charge in [0.2, 0.25) is 0 Å². The van der Waals surface area contributed by atoms with Crippen molar-refractivity contribution >= 4 is 5.91 Å². The van der Waals surface area contributed by atoms with Gasteiger partial charge in [0.15, 0.2) is 12.4 Å². The van der Waals surface area contributed by atoms with Gasteiger partial charge in [-0.05, 0) is 48.1 Å². The molecule has 194 valence electrons. The van der Waals surface area contributed by atoms with Gasteiger partial charge >= 0.3 is 0 Å². The van der Waals surface area contributed by atoms with Crippen molar-refractivity contribution in [3.8, 4) is 5.75 Å². The summed E-state index contributed by atoms with van der Waals surface area (Å²) in [5.74, 6) is 0.918. The van der Waals surface area contributed by atoms with E-state index in [9.17, 15) is 4.79 Å². The van der Waals surface area contributed by atoms with Crippen LogP contribution in [0.4, 0.5) is 0 Å². The molecule has 4 nitrogen and oxygen atoms in total. The molecular weight excluding hydrogens is 432 g/mol. The summed E-state index contributed by atoms with van der Waals surface area (Å²) in [5, 5.41) is 3.06. The number of rotatable bonds is 16. The third-order valence-corrected chi connectivity index (χ3v) is 6.55. The second kappa shape index (κ2) is 15.6. The first-order valence-corrected chi connectivity index (χ1v) is 13.9. The molecule has 0 atom stereocenters. The fourth-order valence-corrected chi connectivity index (χ4v) is 4.31. The van der Waals surface area contributed by atoms with Gasteiger partial charge in [-0.2, -0.15) is 0 Å². The van der Waals surface area contributed by atoms with Crippen molar-refractivity contribution in [3.05, 3.63) is 59.4 Å². The fraction of sp³-hybridized carbons (Fsp3) is 0.613. The van der Waals surface area contributed by atoms with Gasteiger partial charge in [0, 0.05) is 12.6 Å². The number of carbonyl (C=O) groups is 1. The first-order valence-electron chi connectivity index (χ1n) is 13.9. The Labute approximate surface area is 214 Å². The smallest absolute Gasteiger partial charge is 0.257 e. The van der Waals surface area contributed by atoms with E-state index in [-0.39, 0.29) is 11.3 Å². The van der Waals surface area contributed by atoms with Crippen LogP contribution in [-0.2, 0) is 18.5 Å². The van der Waals surface area contributed by atoms with Crippen molar-refractivity contribution in [2.45, 2.75) is 117 Å². The van der Waals surface area contributed by atoms with Crippen LogP contribution in [0.2, 0.25) is 0 Å².